The molecule has 3 N–H and O–H groups in total. The molecule has 1 heterocycles. The Morgan fingerprint density at radius 3 is 2.70 bits per heavy atom. The number of anilines is 2. The van der Waals surface area contributed by atoms with Gasteiger partial charge in [-0.15, -0.1) is 0 Å². The summed E-state index contributed by atoms with van der Waals surface area (Å²) >= 11 is 3.16. The van der Waals surface area contributed by atoms with Gasteiger partial charge in [-0.3, -0.25) is 9.59 Å². The largest absolute Gasteiger partial charge is 0.355 e. The Kier molecular flexibility index (Phi) is 4.19. The Labute approximate surface area is 122 Å². The van der Waals surface area contributed by atoms with Gasteiger partial charge in [-0.05, 0) is 18.2 Å². The number of aromatic nitrogens is 1. The highest BCUT2D eigenvalue weighted by molar-refractivity contribution is 9.10. The molecule has 0 aliphatic rings. The molecule has 0 saturated carbocycles. The summed E-state index contributed by atoms with van der Waals surface area (Å²) in [5, 5.41) is 5.20. The summed E-state index contributed by atoms with van der Waals surface area (Å²) in [6, 6.07) is 5.65. The van der Waals surface area contributed by atoms with E-state index in [-0.39, 0.29) is 22.8 Å². The van der Waals surface area contributed by atoms with Crippen molar-refractivity contribution in [3.63, 3.8) is 0 Å². The SMILES string of the molecule is CNC(=O)c1c[nH]c(=O)cc1Nc1ccc(Br)cc1F. The third-order valence-electron chi connectivity index (χ3n) is 2.60. The Morgan fingerprint density at radius 2 is 2.05 bits per heavy atom. The summed E-state index contributed by atoms with van der Waals surface area (Å²) < 4.78 is 14.4. The molecule has 7 heteroatoms. The molecule has 0 aliphatic carbocycles. The Bertz CT molecular complexity index is 715. The monoisotopic (exact) mass is 339 g/mol. The average molecular weight is 340 g/mol. The number of carbonyl (C=O) groups excluding carboxylic acids is 1. The molecule has 0 saturated heterocycles. The minimum atomic E-state index is -0.498. The number of pyridine rings is 1. The predicted molar refractivity (Wildman–Crippen MR) is 77.8 cm³/mol. The molecular formula is C13H11BrFN3O2. The first-order valence-corrected chi connectivity index (χ1v) is 6.47. The molecule has 0 radical (unpaired) electrons. The van der Waals surface area contributed by atoms with Gasteiger partial charge in [-0.1, -0.05) is 15.9 Å². The first-order chi connectivity index (χ1) is 9.51. The average Bonchev–Trinajstić information content (AvgIpc) is 2.41. The van der Waals surface area contributed by atoms with E-state index in [4.69, 9.17) is 0 Å². The molecule has 0 spiro atoms. The number of benzene rings is 1. The number of halogens is 2. The second kappa shape index (κ2) is 5.87. The minimum Gasteiger partial charge on any atom is -0.355 e. The molecule has 1 aromatic carbocycles. The molecule has 0 bridgehead atoms. The van der Waals surface area contributed by atoms with E-state index in [1.165, 1.54) is 31.4 Å². The van der Waals surface area contributed by atoms with E-state index in [0.29, 0.717) is 4.47 Å². The van der Waals surface area contributed by atoms with Gasteiger partial charge in [0.05, 0.1) is 16.9 Å². The summed E-state index contributed by atoms with van der Waals surface area (Å²) in [6.07, 6.45) is 1.28. The smallest absolute Gasteiger partial charge is 0.254 e. The zero-order valence-corrected chi connectivity index (χ0v) is 12.0. The van der Waals surface area contributed by atoms with E-state index in [2.05, 4.69) is 31.5 Å². The fraction of sp³-hybridized carbons (Fsp3) is 0.0769. The summed E-state index contributed by atoms with van der Waals surface area (Å²) in [4.78, 5) is 25.5. The number of rotatable bonds is 3. The van der Waals surface area contributed by atoms with Gasteiger partial charge in [0.2, 0.25) is 5.56 Å². The Balaban J connectivity index is 2.44. The van der Waals surface area contributed by atoms with E-state index in [1.54, 1.807) is 6.07 Å². The molecule has 1 amide bonds. The van der Waals surface area contributed by atoms with Crippen LogP contribution in [0.5, 0.6) is 0 Å². The van der Waals surface area contributed by atoms with Gasteiger partial charge in [0, 0.05) is 23.8 Å². The molecule has 104 valence electrons. The van der Waals surface area contributed by atoms with E-state index in [1.807, 2.05) is 0 Å². The number of H-pyrrole nitrogens is 1. The molecular weight excluding hydrogens is 329 g/mol. The van der Waals surface area contributed by atoms with Crippen LogP contribution in [0.1, 0.15) is 10.4 Å². The van der Waals surface area contributed by atoms with Gasteiger partial charge in [-0.2, -0.15) is 0 Å². The molecule has 2 rings (SSSR count). The zero-order chi connectivity index (χ0) is 14.7. The highest BCUT2D eigenvalue weighted by atomic mass is 79.9. The standard InChI is InChI=1S/C13H11BrFN3O2/c1-16-13(20)8-6-17-12(19)5-11(8)18-10-3-2-7(14)4-9(10)15/h2-6H,1H3,(H,16,20)(H2,17,18,19). The van der Waals surface area contributed by atoms with Crippen molar-refractivity contribution in [1.29, 1.82) is 0 Å². The van der Waals surface area contributed by atoms with Crippen LogP contribution in [0.2, 0.25) is 0 Å². The second-order valence-corrected chi connectivity index (χ2v) is 4.87. The molecule has 20 heavy (non-hydrogen) atoms. The molecule has 0 unspecified atom stereocenters. The highest BCUT2D eigenvalue weighted by Crippen LogP contribution is 2.24. The third-order valence-corrected chi connectivity index (χ3v) is 3.09. The molecule has 0 fully saturated rings. The van der Waals surface area contributed by atoms with Crippen LogP contribution < -0.4 is 16.2 Å². The first-order valence-electron chi connectivity index (χ1n) is 5.68. The highest BCUT2D eigenvalue weighted by Gasteiger charge is 2.12. The first kappa shape index (κ1) is 14.3. The molecule has 2 aromatic rings. The van der Waals surface area contributed by atoms with Crippen LogP contribution in [-0.4, -0.2) is 17.9 Å². The fourth-order valence-electron chi connectivity index (χ4n) is 1.63. The van der Waals surface area contributed by atoms with Gasteiger partial charge in [0.15, 0.2) is 0 Å². The Hall–Kier alpha value is -2.15. The van der Waals surface area contributed by atoms with Gasteiger partial charge < -0.3 is 15.6 Å². The van der Waals surface area contributed by atoms with Crippen LogP contribution in [0.15, 0.2) is 39.7 Å². The van der Waals surface area contributed by atoms with Crippen molar-refractivity contribution in [2.24, 2.45) is 0 Å². The molecule has 0 aliphatic heterocycles. The van der Waals surface area contributed by atoms with Crippen molar-refractivity contribution >= 4 is 33.2 Å². The number of hydrogen-bond acceptors (Lipinski definition) is 3. The quantitative estimate of drug-likeness (QED) is 0.803. The number of hydrogen-bond donors (Lipinski definition) is 3. The second-order valence-electron chi connectivity index (χ2n) is 3.95. The summed E-state index contributed by atoms with van der Waals surface area (Å²) in [7, 11) is 1.47. The zero-order valence-electron chi connectivity index (χ0n) is 10.5. The minimum absolute atomic E-state index is 0.170. The third kappa shape index (κ3) is 3.05. The predicted octanol–water partition coefficient (Wildman–Crippen LogP) is 2.38. The van der Waals surface area contributed by atoms with Gasteiger partial charge >= 0.3 is 0 Å². The van der Waals surface area contributed by atoms with Crippen LogP contribution in [0.4, 0.5) is 15.8 Å². The van der Waals surface area contributed by atoms with Crippen molar-refractivity contribution in [2.45, 2.75) is 0 Å². The number of amides is 1. The van der Waals surface area contributed by atoms with Crippen molar-refractivity contribution < 1.29 is 9.18 Å². The van der Waals surface area contributed by atoms with E-state index < -0.39 is 11.4 Å². The van der Waals surface area contributed by atoms with Gasteiger partial charge in [-0.25, -0.2) is 4.39 Å². The maximum atomic E-state index is 13.8. The van der Waals surface area contributed by atoms with Crippen LogP contribution >= 0.6 is 15.9 Å². The summed E-state index contributed by atoms with van der Waals surface area (Å²) in [5.41, 5.74) is 0.227. The van der Waals surface area contributed by atoms with Crippen molar-refractivity contribution in [3.05, 3.63) is 56.7 Å². The number of nitrogens with one attached hydrogen (secondary N) is 3. The lowest BCUT2D eigenvalue weighted by Crippen LogP contribution is -2.21. The molecule has 5 nitrogen and oxygen atoms in total. The lowest BCUT2D eigenvalue weighted by atomic mass is 10.2. The van der Waals surface area contributed by atoms with E-state index >= 15 is 0 Å². The lowest BCUT2D eigenvalue weighted by Gasteiger charge is -2.11. The molecule has 0 atom stereocenters. The van der Waals surface area contributed by atoms with Crippen molar-refractivity contribution in [2.75, 3.05) is 12.4 Å². The van der Waals surface area contributed by atoms with E-state index in [0.717, 1.165) is 0 Å². The van der Waals surface area contributed by atoms with Gasteiger partial charge in [0.25, 0.3) is 5.91 Å². The Morgan fingerprint density at radius 1 is 1.30 bits per heavy atom. The van der Waals surface area contributed by atoms with Gasteiger partial charge in [0.1, 0.15) is 5.82 Å². The topological polar surface area (TPSA) is 74.0 Å². The molecule has 1 aromatic heterocycles. The van der Waals surface area contributed by atoms with E-state index in [9.17, 15) is 14.0 Å². The summed E-state index contributed by atoms with van der Waals surface area (Å²) in [6.45, 7) is 0. The maximum absolute atomic E-state index is 13.8. The van der Waals surface area contributed by atoms with Crippen LogP contribution in [0.25, 0.3) is 0 Å². The fourth-order valence-corrected chi connectivity index (χ4v) is 1.97. The van der Waals surface area contributed by atoms with Crippen LogP contribution in [-0.2, 0) is 0 Å². The maximum Gasteiger partial charge on any atom is 0.254 e. The van der Waals surface area contributed by atoms with Crippen LogP contribution in [0, 0.1) is 5.82 Å². The van der Waals surface area contributed by atoms with Crippen LogP contribution in [0.3, 0.4) is 0 Å². The number of carbonyl (C=O) groups is 1. The number of aromatic amines is 1. The summed E-state index contributed by atoms with van der Waals surface area (Å²) in [5.74, 6) is -0.885. The van der Waals surface area contributed by atoms with Crippen molar-refractivity contribution in [3.8, 4) is 0 Å². The van der Waals surface area contributed by atoms with Crippen molar-refractivity contribution in [1.82, 2.24) is 10.3 Å². The lowest BCUT2D eigenvalue weighted by molar-refractivity contribution is 0.0963. The normalized spacial score (nSPS) is 10.2.